The van der Waals surface area contributed by atoms with Crippen LogP contribution >= 0.6 is 47.0 Å². The Hall–Kier alpha value is -1.55. The number of ether oxygens (including phenoxy) is 1. The third-order valence-corrected chi connectivity index (χ3v) is 3.33. The van der Waals surface area contributed by atoms with Gasteiger partial charge in [-0.2, -0.15) is 0 Å². The Bertz CT molecular complexity index is 627. The molecule has 0 bridgehead atoms. The van der Waals surface area contributed by atoms with Crippen LogP contribution in [0.5, 0.6) is 0 Å². The fraction of sp³-hybridized carbons (Fsp3) is 0.333. The van der Waals surface area contributed by atoms with E-state index in [1.54, 1.807) is 13.0 Å². The van der Waals surface area contributed by atoms with Gasteiger partial charge in [0, 0.05) is 17.8 Å². The number of carbonyl (C=O) groups excluding carboxylic acids is 1. The van der Waals surface area contributed by atoms with E-state index in [1.165, 1.54) is 18.2 Å². The van der Waals surface area contributed by atoms with Crippen molar-refractivity contribution in [2.24, 2.45) is 0 Å². The van der Waals surface area contributed by atoms with Gasteiger partial charge in [0.2, 0.25) is 3.79 Å². The highest BCUT2D eigenvalue weighted by Crippen LogP contribution is 2.29. The summed E-state index contributed by atoms with van der Waals surface area (Å²) in [5, 5.41) is 18.3. The summed E-state index contributed by atoms with van der Waals surface area (Å²) in [6.45, 7) is 1.75. The highest BCUT2D eigenvalue weighted by atomic mass is 35.6. The standard InChI is InChI=1S/C12H13Cl3N4O4S/c1-2-23-11(20)18-9(12(13,14)15)17-10(24)16-7-4-3-5-8(6-7)19(21)22/h3-6,9H,2H2,1H3,(H,18,20)(H2,16,17,24)/t9-/m1/s1. The average molecular weight is 416 g/mol. The zero-order chi connectivity index (χ0) is 18.3. The molecule has 0 unspecified atom stereocenters. The lowest BCUT2D eigenvalue weighted by Crippen LogP contribution is -2.56. The summed E-state index contributed by atoms with van der Waals surface area (Å²) in [6.07, 6.45) is -2.00. The molecule has 24 heavy (non-hydrogen) atoms. The predicted octanol–water partition coefficient (Wildman–Crippen LogP) is 3.32. The van der Waals surface area contributed by atoms with Crippen LogP contribution in [0.15, 0.2) is 24.3 Å². The van der Waals surface area contributed by atoms with Gasteiger partial charge in [-0.3, -0.25) is 15.4 Å². The summed E-state index contributed by atoms with van der Waals surface area (Å²) in [6, 6.07) is 5.64. The van der Waals surface area contributed by atoms with E-state index in [4.69, 9.17) is 51.8 Å². The first-order valence-corrected chi connectivity index (χ1v) is 7.99. The first kappa shape index (κ1) is 20.5. The van der Waals surface area contributed by atoms with Gasteiger partial charge in [-0.15, -0.1) is 0 Å². The topological polar surface area (TPSA) is 106 Å². The second kappa shape index (κ2) is 9.07. The van der Waals surface area contributed by atoms with E-state index in [0.717, 1.165) is 0 Å². The minimum Gasteiger partial charge on any atom is -0.450 e. The molecule has 1 aromatic carbocycles. The lowest BCUT2D eigenvalue weighted by atomic mass is 10.3. The molecule has 0 aromatic heterocycles. The molecule has 1 aromatic rings. The molecule has 1 amide bonds. The Morgan fingerprint density at radius 3 is 2.62 bits per heavy atom. The van der Waals surface area contributed by atoms with Gasteiger partial charge in [0.15, 0.2) is 11.3 Å². The van der Waals surface area contributed by atoms with Crippen LogP contribution in [0.2, 0.25) is 0 Å². The highest BCUT2D eigenvalue weighted by molar-refractivity contribution is 7.80. The maximum atomic E-state index is 11.5. The van der Waals surface area contributed by atoms with Gasteiger partial charge >= 0.3 is 6.09 Å². The van der Waals surface area contributed by atoms with E-state index in [9.17, 15) is 14.9 Å². The van der Waals surface area contributed by atoms with Gasteiger partial charge < -0.3 is 15.4 Å². The van der Waals surface area contributed by atoms with Crippen LogP contribution in [-0.4, -0.2) is 32.7 Å². The van der Waals surface area contributed by atoms with Gasteiger partial charge in [-0.25, -0.2) is 4.79 Å². The molecule has 3 N–H and O–H groups in total. The zero-order valence-corrected chi connectivity index (χ0v) is 15.3. The fourth-order valence-corrected chi connectivity index (χ4v) is 2.05. The molecule has 0 aliphatic rings. The normalized spacial score (nSPS) is 12.0. The number of nitro groups is 1. The number of amides is 1. The number of hydrogen-bond donors (Lipinski definition) is 3. The minimum absolute atomic E-state index is 0.0244. The number of anilines is 1. The van der Waals surface area contributed by atoms with Crippen molar-refractivity contribution in [1.29, 1.82) is 0 Å². The number of non-ortho nitro benzene ring substituents is 1. The molecule has 0 fully saturated rings. The van der Waals surface area contributed by atoms with E-state index >= 15 is 0 Å². The Morgan fingerprint density at radius 1 is 1.42 bits per heavy atom. The maximum absolute atomic E-state index is 11.5. The molecule has 1 atom stereocenters. The molecule has 0 aliphatic carbocycles. The van der Waals surface area contributed by atoms with Crippen molar-refractivity contribution >= 4 is 69.6 Å². The number of alkyl halides is 3. The van der Waals surface area contributed by atoms with Crippen molar-refractivity contribution < 1.29 is 14.5 Å². The highest BCUT2D eigenvalue weighted by Gasteiger charge is 2.35. The molecule has 0 aliphatic heterocycles. The third-order valence-electron chi connectivity index (χ3n) is 2.46. The van der Waals surface area contributed by atoms with E-state index in [2.05, 4.69) is 16.0 Å². The van der Waals surface area contributed by atoms with Crippen LogP contribution in [0, 0.1) is 10.1 Å². The predicted molar refractivity (Wildman–Crippen MR) is 96.7 cm³/mol. The molecule has 8 nitrogen and oxygen atoms in total. The summed E-state index contributed by atoms with van der Waals surface area (Å²) in [4.78, 5) is 21.7. The maximum Gasteiger partial charge on any atom is 0.408 e. The third kappa shape index (κ3) is 6.91. The number of benzene rings is 1. The summed E-state index contributed by atoms with van der Waals surface area (Å²) in [5.74, 6) is 0. The van der Waals surface area contributed by atoms with Gasteiger partial charge in [0.05, 0.1) is 11.5 Å². The van der Waals surface area contributed by atoms with Gasteiger partial charge in [0.25, 0.3) is 5.69 Å². The molecule has 132 valence electrons. The Labute approximate surface area is 157 Å². The van der Waals surface area contributed by atoms with Crippen LogP contribution in [0.25, 0.3) is 0 Å². The molecule has 1 rings (SSSR count). The van der Waals surface area contributed by atoms with E-state index in [0.29, 0.717) is 5.69 Å². The van der Waals surface area contributed by atoms with Crippen molar-refractivity contribution in [3.05, 3.63) is 34.4 Å². The molecule has 0 radical (unpaired) electrons. The van der Waals surface area contributed by atoms with Crippen molar-refractivity contribution in [2.75, 3.05) is 11.9 Å². The smallest absolute Gasteiger partial charge is 0.408 e. The molecule has 0 heterocycles. The van der Waals surface area contributed by atoms with Crippen molar-refractivity contribution in [3.63, 3.8) is 0 Å². The summed E-state index contributed by atoms with van der Waals surface area (Å²) < 4.78 is 2.78. The Morgan fingerprint density at radius 2 is 2.08 bits per heavy atom. The second-order valence-electron chi connectivity index (χ2n) is 4.25. The van der Waals surface area contributed by atoms with Gasteiger partial charge in [-0.05, 0) is 25.2 Å². The van der Waals surface area contributed by atoms with Crippen LogP contribution in [0.3, 0.4) is 0 Å². The number of nitro benzene ring substituents is 1. The van der Waals surface area contributed by atoms with Crippen molar-refractivity contribution in [1.82, 2.24) is 10.6 Å². The number of halogens is 3. The Balaban J connectivity index is 2.76. The number of nitrogens with zero attached hydrogens (tertiary/aromatic N) is 1. The van der Waals surface area contributed by atoms with Crippen LogP contribution in [-0.2, 0) is 4.74 Å². The SMILES string of the molecule is CCOC(=O)N[C@@H](NC(=S)Nc1cccc([N+](=O)[O-])c1)C(Cl)(Cl)Cl. The monoisotopic (exact) mass is 414 g/mol. The summed E-state index contributed by atoms with van der Waals surface area (Å²) in [5.41, 5.74) is 0.228. The quantitative estimate of drug-likeness (QED) is 0.223. The van der Waals surface area contributed by atoms with Gasteiger partial charge in [0.1, 0.15) is 0 Å². The first-order chi connectivity index (χ1) is 11.1. The molecular weight excluding hydrogens is 403 g/mol. The lowest BCUT2D eigenvalue weighted by Gasteiger charge is -2.27. The summed E-state index contributed by atoms with van der Waals surface area (Å²) in [7, 11) is 0. The van der Waals surface area contributed by atoms with E-state index < -0.39 is 21.0 Å². The van der Waals surface area contributed by atoms with Crippen molar-refractivity contribution in [2.45, 2.75) is 16.9 Å². The number of hydrogen-bond acceptors (Lipinski definition) is 5. The molecule has 12 heteroatoms. The molecule has 0 spiro atoms. The number of nitrogens with one attached hydrogen (secondary N) is 3. The van der Waals surface area contributed by atoms with E-state index in [-0.39, 0.29) is 17.4 Å². The largest absolute Gasteiger partial charge is 0.450 e. The first-order valence-electron chi connectivity index (χ1n) is 6.45. The summed E-state index contributed by atoms with van der Waals surface area (Å²) >= 11 is 22.4. The fourth-order valence-electron chi connectivity index (χ4n) is 1.49. The minimum atomic E-state index is -1.93. The van der Waals surface area contributed by atoms with Crippen LogP contribution in [0.1, 0.15) is 6.92 Å². The second-order valence-corrected chi connectivity index (χ2v) is 7.02. The Kier molecular flexibility index (Phi) is 7.74. The van der Waals surface area contributed by atoms with Crippen LogP contribution < -0.4 is 16.0 Å². The number of rotatable bonds is 5. The average Bonchev–Trinajstić information content (AvgIpc) is 2.46. The van der Waals surface area contributed by atoms with E-state index in [1.807, 2.05) is 0 Å². The van der Waals surface area contributed by atoms with Gasteiger partial charge in [-0.1, -0.05) is 40.9 Å². The molecule has 0 saturated carbocycles. The van der Waals surface area contributed by atoms with Crippen LogP contribution in [0.4, 0.5) is 16.2 Å². The van der Waals surface area contributed by atoms with Crippen molar-refractivity contribution in [3.8, 4) is 0 Å². The number of thiocarbonyl (C=S) groups is 1. The number of alkyl carbamates (subject to hydrolysis) is 1. The molecule has 0 saturated heterocycles. The number of carbonyl (C=O) groups is 1. The zero-order valence-electron chi connectivity index (χ0n) is 12.2. The molecular formula is C12H13Cl3N4O4S. The lowest BCUT2D eigenvalue weighted by molar-refractivity contribution is -0.384.